The highest BCUT2D eigenvalue weighted by Crippen LogP contribution is 2.16. The van der Waals surface area contributed by atoms with Crippen molar-refractivity contribution in [3.8, 4) is 0 Å². The molecule has 0 radical (unpaired) electrons. The minimum absolute atomic E-state index is 0.0786. The molecular weight excluding hydrogens is 693 g/mol. The lowest BCUT2D eigenvalue weighted by Crippen LogP contribution is -2.30. The van der Waals surface area contributed by atoms with Crippen LogP contribution >= 0.6 is 0 Å². The van der Waals surface area contributed by atoms with E-state index in [9.17, 15) is 9.59 Å². The zero-order chi connectivity index (χ0) is 40.7. The molecule has 0 N–H and O–H groups in total. The summed E-state index contributed by atoms with van der Waals surface area (Å²) in [4.78, 5) is 25.2. The Kier molecular flexibility index (Phi) is 45.9. The Morgan fingerprint density at radius 3 is 1.29 bits per heavy atom. The predicted molar refractivity (Wildman–Crippen MR) is 242 cm³/mol. The first-order chi connectivity index (χ1) is 27.6. The van der Waals surface area contributed by atoms with Crippen LogP contribution in [0, 0.1) is 0 Å². The van der Waals surface area contributed by atoms with Crippen LogP contribution in [0.25, 0.3) is 0 Å². The molecule has 0 aliphatic carbocycles. The van der Waals surface area contributed by atoms with E-state index in [0.717, 1.165) is 70.6 Å². The summed E-state index contributed by atoms with van der Waals surface area (Å²) in [5.41, 5.74) is 0. The lowest BCUT2D eigenvalue weighted by Gasteiger charge is -2.18. The van der Waals surface area contributed by atoms with E-state index in [1.807, 2.05) is 0 Å². The molecule has 56 heavy (non-hydrogen) atoms. The van der Waals surface area contributed by atoms with Crippen molar-refractivity contribution in [2.45, 2.75) is 258 Å². The Balaban J connectivity index is 4.12. The molecule has 0 aliphatic heterocycles. The quantitative estimate of drug-likeness (QED) is 0.0349. The Morgan fingerprint density at radius 2 is 0.804 bits per heavy atom. The maximum atomic E-state index is 12.7. The predicted octanol–water partition coefficient (Wildman–Crippen LogP) is 16.2. The number of rotatable bonds is 45. The highest BCUT2D eigenvalue weighted by atomic mass is 16.6. The van der Waals surface area contributed by atoms with Gasteiger partial charge in [-0.05, 0) is 51.4 Å². The Hall–Kier alpha value is -1.88. The smallest absolute Gasteiger partial charge is 0.306 e. The zero-order valence-electron chi connectivity index (χ0n) is 37.7. The molecule has 0 saturated carbocycles. The Bertz CT molecular complexity index is 893. The molecule has 0 amide bonds. The highest BCUT2D eigenvalue weighted by Gasteiger charge is 2.17. The van der Waals surface area contributed by atoms with Gasteiger partial charge in [0.2, 0.25) is 0 Å². The fourth-order valence-electron chi connectivity index (χ4n) is 7.05. The summed E-state index contributed by atoms with van der Waals surface area (Å²) < 4.78 is 17.3. The zero-order valence-corrected chi connectivity index (χ0v) is 37.7. The van der Waals surface area contributed by atoms with E-state index >= 15 is 0 Å². The van der Waals surface area contributed by atoms with Gasteiger partial charge >= 0.3 is 11.9 Å². The van der Waals surface area contributed by atoms with Gasteiger partial charge in [-0.25, -0.2) is 0 Å². The van der Waals surface area contributed by atoms with Crippen LogP contribution in [0.1, 0.15) is 252 Å². The fraction of sp³-hybridized carbons (Fsp3) is 0.843. The van der Waals surface area contributed by atoms with E-state index < -0.39 is 6.10 Å². The first-order valence-corrected chi connectivity index (χ1v) is 24.5. The normalized spacial score (nSPS) is 12.4. The molecule has 0 spiro atoms. The lowest BCUT2D eigenvalue weighted by atomic mass is 10.0. The molecule has 0 saturated heterocycles. The summed E-state index contributed by atoms with van der Waals surface area (Å²) in [5.74, 6) is -0.420. The monoisotopic (exact) mass is 787 g/mol. The number of hydrogen-bond acceptors (Lipinski definition) is 5. The van der Waals surface area contributed by atoms with Gasteiger partial charge in [-0.2, -0.15) is 0 Å². The van der Waals surface area contributed by atoms with Crippen molar-refractivity contribution in [2.24, 2.45) is 0 Å². The molecule has 328 valence electrons. The molecule has 0 fully saturated rings. The van der Waals surface area contributed by atoms with Gasteiger partial charge in [0.15, 0.2) is 6.10 Å². The second-order valence-electron chi connectivity index (χ2n) is 16.4. The molecule has 0 aromatic heterocycles. The second-order valence-corrected chi connectivity index (χ2v) is 16.4. The number of esters is 2. The number of carbonyl (C=O) groups is 2. The van der Waals surface area contributed by atoms with Gasteiger partial charge in [0, 0.05) is 19.4 Å². The highest BCUT2D eigenvalue weighted by molar-refractivity contribution is 5.70. The van der Waals surface area contributed by atoms with Crippen molar-refractivity contribution in [1.29, 1.82) is 0 Å². The number of allylic oxidation sites excluding steroid dienone is 6. The number of ether oxygens (including phenoxy) is 3. The van der Waals surface area contributed by atoms with Gasteiger partial charge in [-0.1, -0.05) is 224 Å². The van der Waals surface area contributed by atoms with Crippen LogP contribution in [0.2, 0.25) is 0 Å². The Labute approximate surface area is 349 Å². The molecule has 0 aromatic rings. The molecular formula is C51H94O5. The van der Waals surface area contributed by atoms with Crippen molar-refractivity contribution in [3.05, 3.63) is 36.5 Å². The molecule has 0 aliphatic rings. The molecule has 0 heterocycles. The minimum Gasteiger partial charge on any atom is -0.462 e. The fourth-order valence-corrected chi connectivity index (χ4v) is 7.05. The van der Waals surface area contributed by atoms with E-state index in [2.05, 4.69) is 57.2 Å². The first-order valence-electron chi connectivity index (χ1n) is 24.5. The molecule has 1 unspecified atom stereocenters. The summed E-state index contributed by atoms with van der Waals surface area (Å²) in [6.45, 7) is 7.70. The summed E-state index contributed by atoms with van der Waals surface area (Å²) in [5, 5.41) is 0. The average molecular weight is 787 g/mol. The molecule has 1 atom stereocenters. The van der Waals surface area contributed by atoms with Gasteiger partial charge < -0.3 is 14.2 Å². The van der Waals surface area contributed by atoms with Crippen molar-refractivity contribution >= 4 is 11.9 Å². The maximum absolute atomic E-state index is 12.7. The van der Waals surface area contributed by atoms with E-state index in [1.165, 1.54) is 148 Å². The second kappa shape index (κ2) is 47.5. The van der Waals surface area contributed by atoms with Gasteiger partial charge in [0.25, 0.3) is 0 Å². The van der Waals surface area contributed by atoms with E-state index in [1.54, 1.807) is 0 Å². The SMILES string of the molecule is CC/C=C\C/C=C\C/C=C\CCCCCC(=O)OC(COCCCCCCCCCC)COC(=O)CCCCCCCCCCCCCCCCCCCCC. The van der Waals surface area contributed by atoms with Crippen molar-refractivity contribution in [1.82, 2.24) is 0 Å². The third-order valence-corrected chi connectivity index (χ3v) is 10.7. The molecule has 0 rings (SSSR count). The van der Waals surface area contributed by atoms with Gasteiger partial charge in [-0.3, -0.25) is 9.59 Å². The summed E-state index contributed by atoms with van der Waals surface area (Å²) >= 11 is 0. The van der Waals surface area contributed by atoms with Crippen LogP contribution < -0.4 is 0 Å². The number of carbonyl (C=O) groups excluding carboxylic acids is 2. The summed E-state index contributed by atoms with van der Waals surface area (Å²) in [6, 6.07) is 0. The third kappa shape index (κ3) is 44.8. The van der Waals surface area contributed by atoms with Crippen molar-refractivity contribution in [2.75, 3.05) is 19.8 Å². The van der Waals surface area contributed by atoms with Crippen LogP contribution in [0.15, 0.2) is 36.5 Å². The molecule has 0 aromatic carbocycles. The number of hydrogen-bond donors (Lipinski definition) is 0. The third-order valence-electron chi connectivity index (χ3n) is 10.7. The van der Waals surface area contributed by atoms with Crippen molar-refractivity contribution in [3.63, 3.8) is 0 Å². The van der Waals surface area contributed by atoms with Crippen LogP contribution in [0.3, 0.4) is 0 Å². The maximum Gasteiger partial charge on any atom is 0.306 e. The largest absolute Gasteiger partial charge is 0.462 e. The molecule has 0 bridgehead atoms. The summed E-state index contributed by atoms with van der Waals surface area (Å²) in [6.07, 6.45) is 55.9. The topological polar surface area (TPSA) is 61.8 Å². The minimum atomic E-state index is -0.543. The van der Waals surface area contributed by atoms with Crippen LogP contribution in [-0.4, -0.2) is 37.9 Å². The van der Waals surface area contributed by atoms with Gasteiger partial charge in [0.1, 0.15) is 6.61 Å². The molecule has 5 heteroatoms. The van der Waals surface area contributed by atoms with E-state index in [4.69, 9.17) is 14.2 Å². The summed E-state index contributed by atoms with van der Waals surface area (Å²) in [7, 11) is 0. The van der Waals surface area contributed by atoms with Crippen molar-refractivity contribution < 1.29 is 23.8 Å². The average Bonchev–Trinajstić information content (AvgIpc) is 3.20. The standard InChI is InChI=1S/C51H94O5/c1-4-7-10-13-16-19-21-23-24-25-26-27-28-30-31-33-35-38-41-44-50(52)55-48-49(47-54-46-43-40-37-18-15-12-9-6-3)56-51(53)45-42-39-36-34-32-29-22-20-17-14-11-8-5-2/h8,11,17,20,29,32,49H,4-7,9-10,12-16,18-19,21-28,30-31,33-48H2,1-3H3/b11-8-,20-17-,32-29-. The van der Waals surface area contributed by atoms with Gasteiger partial charge in [0.05, 0.1) is 6.61 Å². The number of unbranched alkanes of at least 4 members (excludes halogenated alkanes) is 28. The Morgan fingerprint density at radius 1 is 0.411 bits per heavy atom. The van der Waals surface area contributed by atoms with Crippen LogP contribution in [-0.2, 0) is 23.8 Å². The first kappa shape index (κ1) is 54.1. The van der Waals surface area contributed by atoms with Gasteiger partial charge in [-0.15, -0.1) is 0 Å². The van der Waals surface area contributed by atoms with E-state index in [0.29, 0.717) is 19.4 Å². The van der Waals surface area contributed by atoms with Crippen LogP contribution in [0.5, 0.6) is 0 Å². The van der Waals surface area contributed by atoms with E-state index in [-0.39, 0.29) is 25.2 Å². The van der Waals surface area contributed by atoms with Crippen LogP contribution in [0.4, 0.5) is 0 Å². The lowest BCUT2D eigenvalue weighted by molar-refractivity contribution is -0.163. The molecule has 5 nitrogen and oxygen atoms in total.